The molecule has 0 unspecified atom stereocenters. The fourth-order valence-electron chi connectivity index (χ4n) is 2.27. The van der Waals surface area contributed by atoms with E-state index in [4.69, 9.17) is 9.15 Å². The molecule has 2 amide bonds. The quantitative estimate of drug-likeness (QED) is 0.724. The number of aryl methyl sites for hydroxylation is 1. The molecule has 142 valence electrons. The van der Waals surface area contributed by atoms with Crippen molar-refractivity contribution >= 4 is 11.7 Å². The van der Waals surface area contributed by atoms with E-state index in [1.54, 1.807) is 24.3 Å². The fourth-order valence-corrected chi connectivity index (χ4v) is 2.27. The van der Waals surface area contributed by atoms with Gasteiger partial charge in [0, 0.05) is 18.7 Å². The number of halogens is 3. The largest absolute Gasteiger partial charge is 0.497 e. The molecular weight excluding hydrogens is 353 g/mol. The van der Waals surface area contributed by atoms with Crippen LogP contribution in [0.15, 0.2) is 40.8 Å². The molecule has 0 aliphatic rings. The molecule has 2 aromatic rings. The highest BCUT2D eigenvalue weighted by atomic mass is 19.4. The molecule has 0 spiro atoms. The number of ether oxygens (including phenoxy) is 1. The summed E-state index contributed by atoms with van der Waals surface area (Å²) in [6, 6.07) is 8.10. The predicted octanol–water partition coefficient (Wildman–Crippen LogP) is 3.56. The highest BCUT2D eigenvalue weighted by Crippen LogP contribution is 2.42. The Morgan fingerprint density at radius 2 is 1.85 bits per heavy atom. The lowest BCUT2D eigenvalue weighted by molar-refractivity contribution is -0.274. The van der Waals surface area contributed by atoms with Gasteiger partial charge in [-0.1, -0.05) is 0 Å². The number of carbonyl (C=O) groups excluding carboxylic acids is 1. The van der Waals surface area contributed by atoms with Gasteiger partial charge in [-0.15, -0.1) is 0 Å². The van der Waals surface area contributed by atoms with Gasteiger partial charge in [-0.05, 0) is 43.3 Å². The van der Waals surface area contributed by atoms with Gasteiger partial charge in [0.05, 0.1) is 7.11 Å². The van der Waals surface area contributed by atoms with Gasteiger partial charge >= 0.3 is 12.2 Å². The van der Waals surface area contributed by atoms with Crippen LogP contribution in [0.2, 0.25) is 0 Å². The van der Waals surface area contributed by atoms with E-state index in [1.807, 2.05) is 0 Å². The maximum Gasteiger partial charge on any atom is 0.424 e. The number of nitrogens with one attached hydrogen (secondary N) is 2. The number of urea groups is 1. The molecule has 3 N–H and O–H groups in total. The molecule has 0 radical (unpaired) electrons. The first-order chi connectivity index (χ1) is 12.2. The number of aliphatic hydroxyl groups is 1. The Bertz CT molecular complexity index is 743. The first kappa shape index (κ1) is 19.6. The summed E-state index contributed by atoms with van der Waals surface area (Å²) in [6.45, 7) is 1.05. The third-order valence-electron chi connectivity index (χ3n) is 3.74. The molecular formula is C17H19F3N2O4. The lowest BCUT2D eigenvalue weighted by Crippen LogP contribution is -2.45. The van der Waals surface area contributed by atoms with Crippen molar-refractivity contribution in [2.45, 2.75) is 25.1 Å². The predicted molar refractivity (Wildman–Crippen MR) is 88.0 cm³/mol. The van der Waals surface area contributed by atoms with Gasteiger partial charge in [-0.2, -0.15) is 13.2 Å². The number of methoxy groups -OCH3 is 1. The Balaban J connectivity index is 1.95. The van der Waals surface area contributed by atoms with E-state index in [9.17, 15) is 23.1 Å². The van der Waals surface area contributed by atoms with Crippen molar-refractivity contribution in [2.24, 2.45) is 0 Å². The van der Waals surface area contributed by atoms with Crippen LogP contribution in [-0.2, 0) is 5.60 Å². The van der Waals surface area contributed by atoms with E-state index in [0.717, 1.165) is 6.07 Å². The van der Waals surface area contributed by atoms with Gasteiger partial charge in [0.15, 0.2) is 0 Å². The number of anilines is 1. The van der Waals surface area contributed by atoms with Crippen LogP contribution in [0.25, 0.3) is 0 Å². The number of benzene rings is 1. The zero-order valence-corrected chi connectivity index (χ0v) is 14.2. The molecule has 1 aromatic heterocycles. The minimum absolute atomic E-state index is 0.243. The van der Waals surface area contributed by atoms with Crippen molar-refractivity contribution in [1.29, 1.82) is 0 Å². The first-order valence-corrected chi connectivity index (χ1v) is 7.70. The fraction of sp³-hybridized carbons (Fsp3) is 0.353. The van der Waals surface area contributed by atoms with Crippen LogP contribution in [0.1, 0.15) is 17.9 Å². The number of rotatable bonds is 6. The zero-order valence-electron chi connectivity index (χ0n) is 14.2. The highest BCUT2D eigenvalue weighted by molar-refractivity contribution is 5.89. The number of alkyl halides is 3. The van der Waals surface area contributed by atoms with Crippen molar-refractivity contribution in [3.8, 4) is 5.75 Å². The summed E-state index contributed by atoms with van der Waals surface area (Å²) >= 11 is 0. The summed E-state index contributed by atoms with van der Waals surface area (Å²) in [4.78, 5) is 11.8. The molecule has 0 bridgehead atoms. The Morgan fingerprint density at radius 3 is 2.35 bits per heavy atom. The van der Waals surface area contributed by atoms with Crippen LogP contribution in [0.3, 0.4) is 0 Å². The second-order valence-electron chi connectivity index (χ2n) is 5.63. The topological polar surface area (TPSA) is 83.7 Å². The molecule has 1 heterocycles. The van der Waals surface area contributed by atoms with Gasteiger partial charge in [-0.3, -0.25) is 0 Å². The molecule has 1 aromatic carbocycles. The minimum atomic E-state index is -4.95. The van der Waals surface area contributed by atoms with E-state index >= 15 is 0 Å². The van der Waals surface area contributed by atoms with E-state index in [-0.39, 0.29) is 5.76 Å². The number of hydrogen-bond donors (Lipinski definition) is 3. The van der Waals surface area contributed by atoms with Crippen LogP contribution in [0.5, 0.6) is 5.75 Å². The van der Waals surface area contributed by atoms with E-state index < -0.39 is 36.5 Å². The van der Waals surface area contributed by atoms with Gasteiger partial charge < -0.3 is 24.9 Å². The van der Waals surface area contributed by atoms with Gasteiger partial charge in [0.25, 0.3) is 0 Å². The van der Waals surface area contributed by atoms with Crippen molar-refractivity contribution < 1.29 is 32.2 Å². The maximum absolute atomic E-state index is 13.3. The lowest BCUT2D eigenvalue weighted by Gasteiger charge is -2.28. The third-order valence-corrected chi connectivity index (χ3v) is 3.74. The van der Waals surface area contributed by atoms with E-state index in [0.29, 0.717) is 11.4 Å². The maximum atomic E-state index is 13.3. The third kappa shape index (κ3) is 4.48. The monoisotopic (exact) mass is 372 g/mol. The molecule has 1 atom stereocenters. The van der Waals surface area contributed by atoms with E-state index in [2.05, 4.69) is 10.6 Å². The summed E-state index contributed by atoms with van der Waals surface area (Å²) in [5.41, 5.74) is -2.75. The number of amides is 2. The van der Waals surface area contributed by atoms with Gasteiger partial charge in [-0.25, -0.2) is 4.79 Å². The van der Waals surface area contributed by atoms with E-state index in [1.165, 1.54) is 20.1 Å². The Kier molecular flexibility index (Phi) is 5.81. The van der Waals surface area contributed by atoms with Gasteiger partial charge in [0.2, 0.25) is 5.60 Å². The van der Waals surface area contributed by atoms with Crippen LogP contribution in [-0.4, -0.2) is 31.0 Å². The number of furan rings is 1. The van der Waals surface area contributed by atoms with Crippen LogP contribution in [0.4, 0.5) is 23.7 Å². The molecule has 26 heavy (non-hydrogen) atoms. The smallest absolute Gasteiger partial charge is 0.424 e. The summed E-state index contributed by atoms with van der Waals surface area (Å²) < 4.78 is 49.8. The molecule has 0 saturated carbocycles. The molecule has 0 fully saturated rings. The summed E-state index contributed by atoms with van der Waals surface area (Å²) in [5, 5.41) is 14.8. The number of carbonyl (C=O) groups is 1. The SMILES string of the molecule is COc1ccc(NC(=O)NCC[C@](O)(c2ccc(C)o2)C(F)(F)F)cc1. The zero-order chi connectivity index (χ0) is 19.4. The number of hydrogen-bond acceptors (Lipinski definition) is 4. The molecule has 9 heteroatoms. The summed E-state index contributed by atoms with van der Waals surface area (Å²) in [7, 11) is 1.50. The summed E-state index contributed by atoms with van der Waals surface area (Å²) in [6.07, 6.45) is -5.75. The molecule has 6 nitrogen and oxygen atoms in total. The standard InChI is InChI=1S/C17H19F3N2O4/c1-11-3-8-14(26-11)16(24,17(18,19)20)9-10-21-15(23)22-12-4-6-13(25-2)7-5-12/h3-8,24H,9-10H2,1-2H3,(H2,21,22,23)/t16-/m0/s1. The Labute approximate surface area is 148 Å². The lowest BCUT2D eigenvalue weighted by atomic mass is 9.96. The van der Waals surface area contributed by atoms with Crippen molar-refractivity contribution in [3.05, 3.63) is 47.9 Å². The molecule has 0 saturated heterocycles. The Hall–Kier alpha value is -2.68. The average molecular weight is 372 g/mol. The summed E-state index contributed by atoms with van der Waals surface area (Å²) in [5.74, 6) is 0.229. The Morgan fingerprint density at radius 1 is 1.19 bits per heavy atom. The van der Waals surface area contributed by atoms with Gasteiger partial charge in [0.1, 0.15) is 17.3 Å². The van der Waals surface area contributed by atoms with Crippen molar-refractivity contribution in [2.75, 3.05) is 19.0 Å². The molecule has 0 aliphatic carbocycles. The average Bonchev–Trinajstić information content (AvgIpc) is 3.01. The van der Waals surface area contributed by atoms with Crippen molar-refractivity contribution in [3.63, 3.8) is 0 Å². The molecule has 2 rings (SSSR count). The molecule has 0 aliphatic heterocycles. The first-order valence-electron chi connectivity index (χ1n) is 7.70. The minimum Gasteiger partial charge on any atom is -0.497 e. The van der Waals surface area contributed by atoms with Crippen LogP contribution < -0.4 is 15.4 Å². The van der Waals surface area contributed by atoms with Crippen molar-refractivity contribution in [1.82, 2.24) is 5.32 Å². The second-order valence-corrected chi connectivity index (χ2v) is 5.63. The normalized spacial score (nSPS) is 13.8. The van der Waals surface area contributed by atoms with Crippen LogP contribution in [0, 0.1) is 6.92 Å². The van der Waals surface area contributed by atoms with Crippen LogP contribution >= 0.6 is 0 Å². The highest BCUT2D eigenvalue weighted by Gasteiger charge is 2.56. The second kappa shape index (κ2) is 7.69.